The van der Waals surface area contributed by atoms with Crippen LogP contribution in [0.4, 0.5) is 0 Å². The molecule has 1 aromatic carbocycles. The van der Waals surface area contributed by atoms with Crippen LogP contribution in [0.15, 0.2) is 30.3 Å². The molecule has 2 aromatic rings. The van der Waals surface area contributed by atoms with Crippen LogP contribution in [0.1, 0.15) is 19.7 Å². The molecular weight excluding hydrogens is 242 g/mol. The highest BCUT2D eigenvalue weighted by molar-refractivity contribution is 5.30. The van der Waals surface area contributed by atoms with E-state index in [1.807, 2.05) is 44.2 Å². The average molecular weight is 261 g/mol. The van der Waals surface area contributed by atoms with E-state index in [-0.39, 0.29) is 12.0 Å². The van der Waals surface area contributed by atoms with E-state index in [1.165, 1.54) is 0 Å². The molecule has 0 aliphatic heterocycles. The zero-order valence-electron chi connectivity index (χ0n) is 11.2. The number of aromatic nitrogens is 4. The Labute approximate surface area is 112 Å². The Bertz CT molecular complexity index is 497. The molecule has 2 N–H and O–H groups in total. The van der Waals surface area contributed by atoms with E-state index in [2.05, 4.69) is 20.8 Å². The van der Waals surface area contributed by atoms with Gasteiger partial charge in [0.25, 0.3) is 0 Å². The minimum absolute atomic E-state index is 0.234. The standard InChI is InChI=1S/C13H19N5O/c1-10(2)12(19)8-14-9-13-15-16-17-18(13)11-6-4-3-5-7-11/h3-7,10,12,14,19H,8-9H2,1-2H3. The molecule has 0 aliphatic carbocycles. The number of nitrogens with zero attached hydrogens (tertiary/aromatic N) is 4. The lowest BCUT2D eigenvalue weighted by molar-refractivity contribution is 0.123. The molecule has 1 unspecified atom stereocenters. The van der Waals surface area contributed by atoms with Gasteiger partial charge in [0.15, 0.2) is 5.82 Å². The molecule has 0 spiro atoms. The van der Waals surface area contributed by atoms with Crippen molar-refractivity contribution in [2.45, 2.75) is 26.5 Å². The topological polar surface area (TPSA) is 75.9 Å². The summed E-state index contributed by atoms with van der Waals surface area (Å²) in [6, 6.07) is 9.73. The molecule has 2 rings (SSSR count). The zero-order chi connectivity index (χ0) is 13.7. The SMILES string of the molecule is CC(C)C(O)CNCc1nnnn1-c1ccccc1. The highest BCUT2D eigenvalue weighted by atomic mass is 16.3. The largest absolute Gasteiger partial charge is 0.392 e. The number of hydrogen-bond donors (Lipinski definition) is 2. The second-order valence-corrected chi connectivity index (χ2v) is 4.78. The highest BCUT2D eigenvalue weighted by Crippen LogP contribution is 2.06. The van der Waals surface area contributed by atoms with Gasteiger partial charge in [0.05, 0.1) is 18.3 Å². The van der Waals surface area contributed by atoms with Crippen LogP contribution < -0.4 is 5.32 Å². The van der Waals surface area contributed by atoms with Gasteiger partial charge in [-0.05, 0) is 28.5 Å². The zero-order valence-corrected chi connectivity index (χ0v) is 11.2. The predicted octanol–water partition coefficient (Wildman–Crippen LogP) is 0.769. The Morgan fingerprint density at radius 1 is 1.26 bits per heavy atom. The van der Waals surface area contributed by atoms with Crippen LogP contribution in [0.3, 0.4) is 0 Å². The molecule has 0 saturated carbocycles. The fourth-order valence-corrected chi connectivity index (χ4v) is 1.65. The molecule has 1 aromatic heterocycles. The van der Waals surface area contributed by atoms with Crippen molar-refractivity contribution in [2.75, 3.05) is 6.54 Å². The predicted molar refractivity (Wildman–Crippen MR) is 71.7 cm³/mol. The summed E-state index contributed by atoms with van der Waals surface area (Å²) >= 11 is 0. The summed E-state index contributed by atoms with van der Waals surface area (Å²) in [4.78, 5) is 0. The Kier molecular flexibility index (Phi) is 4.59. The first-order valence-electron chi connectivity index (χ1n) is 6.40. The molecule has 0 fully saturated rings. The van der Waals surface area contributed by atoms with Crippen molar-refractivity contribution in [3.63, 3.8) is 0 Å². The van der Waals surface area contributed by atoms with E-state index in [4.69, 9.17) is 0 Å². The van der Waals surface area contributed by atoms with Crippen molar-refractivity contribution >= 4 is 0 Å². The summed E-state index contributed by atoms with van der Waals surface area (Å²) in [6.45, 7) is 5.02. The monoisotopic (exact) mass is 261 g/mol. The normalized spacial score (nSPS) is 12.8. The summed E-state index contributed by atoms with van der Waals surface area (Å²) < 4.78 is 1.69. The lowest BCUT2D eigenvalue weighted by Gasteiger charge is -2.14. The molecule has 6 heteroatoms. The van der Waals surface area contributed by atoms with Gasteiger partial charge in [-0.15, -0.1) is 5.10 Å². The molecular formula is C13H19N5O. The lowest BCUT2D eigenvalue weighted by atomic mass is 10.1. The van der Waals surface area contributed by atoms with Gasteiger partial charge in [0.2, 0.25) is 0 Å². The summed E-state index contributed by atoms with van der Waals surface area (Å²) in [6.07, 6.45) is -0.360. The van der Waals surface area contributed by atoms with Gasteiger partial charge in [-0.2, -0.15) is 4.68 Å². The maximum atomic E-state index is 9.72. The van der Waals surface area contributed by atoms with Crippen LogP contribution in [0, 0.1) is 5.92 Å². The van der Waals surface area contributed by atoms with E-state index in [9.17, 15) is 5.11 Å². The second kappa shape index (κ2) is 6.40. The van der Waals surface area contributed by atoms with Crippen molar-refractivity contribution in [1.82, 2.24) is 25.5 Å². The number of nitrogens with one attached hydrogen (secondary N) is 1. The van der Waals surface area contributed by atoms with Crippen LogP contribution >= 0.6 is 0 Å². The van der Waals surface area contributed by atoms with Gasteiger partial charge >= 0.3 is 0 Å². The summed E-state index contributed by atoms with van der Waals surface area (Å²) in [7, 11) is 0. The molecule has 0 radical (unpaired) electrons. The smallest absolute Gasteiger partial charge is 0.170 e. The summed E-state index contributed by atoms with van der Waals surface area (Å²) in [5, 5.41) is 24.5. The van der Waals surface area contributed by atoms with Gasteiger partial charge in [0.1, 0.15) is 0 Å². The van der Waals surface area contributed by atoms with Gasteiger partial charge < -0.3 is 10.4 Å². The second-order valence-electron chi connectivity index (χ2n) is 4.78. The Balaban J connectivity index is 1.97. The maximum Gasteiger partial charge on any atom is 0.170 e. The van der Waals surface area contributed by atoms with E-state index >= 15 is 0 Å². The van der Waals surface area contributed by atoms with E-state index in [0.717, 1.165) is 11.5 Å². The van der Waals surface area contributed by atoms with Gasteiger partial charge in [-0.3, -0.25) is 0 Å². The molecule has 102 valence electrons. The molecule has 0 aliphatic rings. The fourth-order valence-electron chi connectivity index (χ4n) is 1.65. The van der Waals surface area contributed by atoms with Gasteiger partial charge in [0, 0.05) is 6.54 Å². The minimum Gasteiger partial charge on any atom is -0.392 e. The average Bonchev–Trinajstić information content (AvgIpc) is 2.88. The number of aliphatic hydroxyl groups excluding tert-OH is 1. The van der Waals surface area contributed by atoms with Crippen LogP contribution in [0.2, 0.25) is 0 Å². The van der Waals surface area contributed by atoms with E-state index < -0.39 is 0 Å². The minimum atomic E-state index is -0.360. The number of hydrogen-bond acceptors (Lipinski definition) is 5. The molecule has 0 amide bonds. The van der Waals surface area contributed by atoms with Crippen molar-refractivity contribution in [1.29, 1.82) is 0 Å². The Morgan fingerprint density at radius 2 is 2.00 bits per heavy atom. The quantitative estimate of drug-likeness (QED) is 0.803. The van der Waals surface area contributed by atoms with Crippen molar-refractivity contribution < 1.29 is 5.11 Å². The summed E-state index contributed by atoms with van der Waals surface area (Å²) in [5.74, 6) is 0.958. The molecule has 1 heterocycles. The van der Waals surface area contributed by atoms with Crippen LogP contribution in [-0.4, -0.2) is 38.0 Å². The van der Waals surface area contributed by atoms with Crippen LogP contribution in [0.5, 0.6) is 0 Å². The molecule has 19 heavy (non-hydrogen) atoms. The van der Waals surface area contributed by atoms with Gasteiger partial charge in [-0.1, -0.05) is 32.0 Å². The number of rotatable bonds is 6. The third-order valence-corrected chi connectivity index (χ3v) is 2.94. The van der Waals surface area contributed by atoms with Crippen molar-refractivity contribution in [2.24, 2.45) is 5.92 Å². The lowest BCUT2D eigenvalue weighted by Crippen LogP contribution is -2.31. The van der Waals surface area contributed by atoms with Crippen LogP contribution in [-0.2, 0) is 6.54 Å². The maximum absolute atomic E-state index is 9.72. The van der Waals surface area contributed by atoms with Gasteiger partial charge in [-0.25, -0.2) is 0 Å². The molecule has 1 atom stereocenters. The third-order valence-electron chi connectivity index (χ3n) is 2.94. The molecule has 6 nitrogen and oxygen atoms in total. The number of benzene rings is 1. The Hall–Kier alpha value is -1.79. The number of aliphatic hydroxyl groups is 1. The molecule has 0 bridgehead atoms. The Morgan fingerprint density at radius 3 is 2.68 bits per heavy atom. The first kappa shape index (κ1) is 13.6. The van der Waals surface area contributed by atoms with Crippen LogP contribution in [0.25, 0.3) is 5.69 Å². The van der Waals surface area contributed by atoms with Crippen molar-refractivity contribution in [3.8, 4) is 5.69 Å². The first-order valence-corrected chi connectivity index (χ1v) is 6.40. The van der Waals surface area contributed by atoms with E-state index in [1.54, 1.807) is 4.68 Å². The number of tetrazole rings is 1. The number of para-hydroxylation sites is 1. The van der Waals surface area contributed by atoms with Crippen molar-refractivity contribution in [3.05, 3.63) is 36.2 Å². The molecule has 0 saturated heterocycles. The first-order chi connectivity index (χ1) is 9.18. The van der Waals surface area contributed by atoms with E-state index in [0.29, 0.717) is 13.1 Å². The summed E-state index contributed by atoms with van der Waals surface area (Å²) in [5.41, 5.74) is 0.925. The third kappa shape index (κ3) is 3.59. The fraction of sp³-hybridized carbons (Fsp3) is 0.462. The highest BCUT2D eigenvalue weighted by Gasteiger charge is 2.11.